The lowest BCUT2D eigenvalue weighted by Gasteiger charge is -2.34. The second-order valence-corrected chi connectivity index (χ2v) is 6.36. The molecule has 0 atom stereocenters. The Hall–Kier alpha value is -1.81. The number of hydrogen-bond acceptors (Lipinski definition) is 2. The number of hydrogen-bond donors (Lipinski definition) is 3. The highest BCUT2D eigenvalue weighted by Crippen LogP contribution is 2.31. The maximum Gasteiger partial charge on any atom is 0.267 e. The van der Waals surface area contributed by atoms with Crippen LogP contribution in [0, 0.1) is 5.92 Å². The van der Waals surface area contributed by atoms with Crippen LogP contribution in [0.25, 0.3) is 10.9 Å². The smallest absolute Gasteiger partial charge is 0.267 e. The number of H-pyrrole nitrogens is 1. The molecule has 1 aromatic carbocycles. The van der Waals surface area contributed by atoms with Crippen LogP contribution in [-0.2, 0) is 0 Å². The molecule has 0 aliphatic heterocycles. The first kappa shape index (κ1) is 14.1. The van der Waals surface area contributed by atoms with Crippen molar-refractivity contribution in [2.24, 2.45) is 5.92 Å². The predicted molar refractivity (Wildman–Crippen MR) is 83.2 cm³/mol. The lowest BCUT2D eigenvalue weighted by Crippen LogP contribution is -2.45. The average molecular weight is 286 g/mol. The Morgan fingerprint density at radius 3 is 2.81 bits per heavy atom. The lowest BCUT2D eigenvalue weighted by molar-refractivity contribution is -0.00542. The molecule has 0 saturated heterocycles. The molecule has 3 N–H and O–H groups in total. The summed E-state index contributed by atoms with van der Waals surface area (Å²) in [5.41, 5.74) is 0.755. The van der Waals surface area contributed by atoms with E-state index in [0.29, 0.717) is 18.2 Å². The second-order valence-electron chi connectivity index (χ2n) is 6.36. The molecule has 3 rings (SSSR count). The molecule has 0 unspecified atom stereocenters. The Morgan fingerprint density at radius 1 is 1.38 bits per heavy atom. The van der Waals surface area contributed by atoms with E-state index >= 15 is 0 Å². The van der Waals surface area contributed by atoms with Crippen LogP contribution in [0.2, 0.25) is 0 Å². The lowest BCUT2D eigenvalue weighted by atomic mass is 9.79. The van der Waals surface area contributed by atoms with E-state index in [2.05, 4.69) is 17.2 Å². The minimum absolute atomic E-state index is 0.154. The number of aliphatic hydroxyl groups is 1. The monoisotopic (exact) mass is 286 g/mol. The summed E-state index contributed by atoms with van der Waals surface area (Å²) in [7, 11) is 0. The maximum atomic E-state index is 12.2. The summed E-state index contributed by atoms with van der Waals surface area (Å²) in [4.78, 5) is 15.3. The molecule has 21 heavy (non-hydrogen) atoms. The van der Waals surface area contributed by atoms with E-state index in [1.54, 1.807) is 0 Å². The predicted octanol–water partition coefficient (Wildman–Crippen LogP) is 2.84. The molecular formula is C17H22N2O2. The SMILES string of the molecule is CC1CCC(O)(CNC(=O)c2cc3ccccc3[nH]2)CC1. The van der Waals surface area contributed by atoms with Gasteiger partial charge in [-0.25, -0.2) is 0 Å². The third-order valence-electron chi connectivity index (χ3n) is 4.56. The van der Waals surface area contributed by atoms with Crippen molar-refractivity contribution in [3.8, 4) is 0 Å². The minimum Gasteiger partial charge on any atom is -0.388 e. The molecule has 1 aliphatic carbocycles. The molecule has 1 saturated carbocycles. The first-order valence-electron chi connectivity index (χ1n) is 7.64. The van der Waals surface area contributed by atoms with Gasteiger partial charge in [-0.3, -0.25) is 4.79 Å². The van der Waals surface area contributed by atoms with Crippen LogP contribution < -0.4 is 5.32 Å². The zero-order chi connectivity index (χ0) is 14.9. The molecule has 1 aromatic heterocycles. The quantitative estimate of drug-likeness (QED) is 0.812. The Kier molecular flexibility index (Phi) is 3.72. The van der Waals surface area contributed by atoms with Crippen LogP contribution >= 0.6 is 0 Å². The van der Waals surface area contributed by atoms with Gasteiger partial charge in [0.15, 0.2) is 0 Å². The zero-order valence-electron chi connectivity index (χ0n) is 12.4. The number of nitrogens with one attached hydrogen (secondary N) is 2. The van der Waals surface area contributed by atoms with E-state index < -0.39 is 5.60 Å². The number of amides is 1. The molecule has 0 bridgehead atoms. The van der Waals surface area contributed by atoms with Gasteiger partial charge in [0.25, 0.3) is 5.91 Å². The second kappa shape index (κ2) is 5.53. The van der Waals surface area contributed by atoms with Gasteiger partial charge in [-0.05, 0) is 43.7 Å². The van der Waals surface area contributed by atoms with Gasteiger partial charge in [0, 0.05) is 17.4 Å². The number of benzene rings is 1. The minimum atomic E-state index is -0.742. The Labute approximate surface area is 124 Å². The van der Waals surface area contributed by atoms with E-state index in [1.165, 1.54) is 0 Å². The fourth-order valence-electron chi connectivity index (χ4n) is 3.01. The van der Waals surface area contributed by atoms with Gasteiger partial charge in [-0.1, -0.05) is 25.1 Å². The molecule has 4 nitrogen and oxygen atoms in total. The van der Waals surface area contributed by atoms with Crippen molar-refractivity contribution in [3.05, 3.63) is 36.0 Å². The maximum absolute atomic E-state index is 12.2. The number of aromatic nitrogens is 1. The first-order valence-corrected chi connectivity index (χ1v) is 7.64. The van der Waals surface area contributed by atoms with E-state index in [-0.39, 0.29) is 5.91 Å². The molecule has 1 heterocycles. The van der Waals surface area contributed by atoms with Crippen molar-refractivity contribution in [1.82, 2.24) is 10.3 Å². The number of carbonyl (C=O) groups is 1. The Morgan fingerprint density at radius 2 is 2.10 bits per heavy atom. The topological polar surface area (TPSA) is 65.1 Å². The third kappa shape index (κ3) is 3.10. The summed E-state index contributed by atoms with van der Waals surface area (Å²) >= 11 is 0. The van der Waals surface area contributed by atoms with Gasteiger partial charge >= 0.3 is 0 Å². The molecule has 4 heteroatoms. The summed E-state index contributed by atoms with van der Waals surface area (Å²) in [5, 5.41) is 14.4. The van der Waals surface area contributed by atoms with Gasteiger partial charge in [-0.15, -0.1) is 0 Å². The Bertz CT molecular complexity index is 606. The molecule has 1 aliphatic rings. The van der Waals surface area contributed by atoms with Gasteiger partial charge in [0.2, 0.25) is 0 Å². The van der Waals surface area contributed by atoms with Crippen LogP contribution in [0.4, 0.5) is 0 Å². The summed E-state index contributed by atoms with van der Waals surface area (Å²) in [6, 6.07) is 9.65. The average Bonchev–Trinajstić information content (AvgIpc) is 2.92. The summed E-state index contributed by atoms with van der Waals surface area (Å²) in [6.07, 6.45) is 3.58. The van der Waals surface area contributed by atoms with Gasteiger partial charge in [0.05, 0.1) is 5.60 Å². The summed E-state index contributed by atoms with van der Waals surface area (Å²) in [5.74, 6) is 0.521. The van der Waals surface area contributed by atoms with Crippen molar-refractivity contribution >= 4 is 16.8 Å². The van der Waals surface area contributed by atoms with Gasteiger partial charge in [0.1, 0.15) is 5.69 Å². The van der Waals surface area contributed by atoms with Crippen molar-refractivity contribution < 1.29 is 9.90 Å². The third-order valence-corrected chi connectivity index (χ3v) is 4.56. The van der Waals surface area contributed by atoms with E-state index in [9.17, 15) is 9.90 Å². The van der Waals surface area contributed by atoms with Gasteiger partial charge < -0.3 is 15.4 Å². The molecule has 0 spiro atoms. The van der Waals surface area contributed by atoms with Crippen LogP contribution in [0.15, 0.2) is 30.3 Å². The van der Waals surface area contributed by atoms with Crippen molar-refractivity contribution in [2.45, 2.75) is 38.2 Å². The zero-order valence-corrected chi connectivity index (χ0v) is 12.4. The van der Waals surface area contributed by atoms with Crippen molar-refractivity contribution in [2.75, 3.05) is 6.54 Å². The van der Waals surface area contributed by atoms with Crippen LogP contribution in [0.3, 0.4) is 0 Å². The van der Waals surface area contributed by atoms with Crippen molar-refractivity contribution in [1.29, 1.82) is 0 Å². The van der Waals surface area contributed by atoms with Gasteiger partial charge in [-0.2, -0.15) is 0 Å². The fourth-order valence-corrected chi connectivity index (χ4v) is 3.01. The molecule has 0 radical (unpaired) electrons. The molecular weight excluding hydrogens is 264 g/mol. The normalized spacial score (nSPS) is 25.9. The van der Waals surface area contributed by atoms with E-state index in [4.69, 9.17) is 0 Å². The highest BCUT2D eigenvalue weighted by Gasteiger charge is 2.32. The van der Waals surface area contributed by atoms with Crippen LogP contribution in [0.1, 0.15) is 43.1 Å². The van der Waals surface area contributed by atoms with E-state index in [1.807, 2.05) is 30.3 Å². The number of para-hydroxylation sites is 1. The molecule has 1 amide bonds. The van der Waals surface area contributed by atoms with E-state index in [0.717, 1.165) is 36.6 Å². The number of carbonyl (C=O) groups excluding carboxylic acids is 1. The number of rotatable bonds is 3. The highest BCUT2D eigenvalue weighted by molar-refractivity contribution is 5.97. The Balaban J connectivity index is 1.63. The van der Waals surface area contributed by atoms with Crippen LogP contribution in [0.5, 0.6) is 0 Å². The highest BCUT2D eigenvalue weighted by atomic mass is 16.3. The molecule has 1 fully saturated rings. The largest absolute Gasteiger partial charge is 0.388 e. The number of fused-ring (bicyclic) bond motifs is 1. The summed E-state index contributed by atoms with van der Waals surface area (Å²) < 4.78 is 0. The van der Waals surface area contributed by atoms with Crippen LogP contribution in [-0.4, -0.2) is 28.1 Å². The molecule has 2 aromatic rings. The standard InChI is InChI=1S/C17H22N2O2/c1-12-6-8-17(21,9-7-12)11-18-16(20)15-10-13-4-2-3-5-14(13)19-15/h2-5,10,12,19,21H,6-9,11H2,1H3,(H,18,20). The molecule has 112 valence electrons. The summed E-state index contributed by atoms with van der Waals surface area (Å²) in [6.45, 7) is 2.54. The fraction of sp³-hybridized carbons (Fsp3) is 0.471. The first-order chi connectivity index (χ1) is 10.1. The number of aromatic amines is 1. The van der Waals surface area contributed by atoms with Crippen molar-refractivity contribution in [3.63, 3.8) is 0 Å².